The van der Waals surface area contributed by atoms with E-state index >= 15 is 0 Å². The lowest BCUT2D eigenvalue weighted by molar-refractivity contribution is 0.365. The van der Waals surface area contributed by atoms with Crippen molar-refractivity contribution in [2.45, 2.75) is 17.9 Å². The van der Waals surface area contributed by atoms with Gasteiger partial charge in [-0.2, -0.15) is 16.1 Å². The van der Waals surface area contributed by atoms with E-state index in [0.717, 1.165) is 17.6 Å². The van der Waals surface area contributed by atoms with Crippen molar-refractivity contribution in [2.24, 2.45) is 5.73 Å². The first-order valence-corrected chi connectivity index (χ1v) is 9.14. The highest BCUT2D eigenvalue weighted by Crippen LogP contribution is 2.26. The van der Waals surface area contributed by atoms with Gasteiger partial charge >= 0.3 is 0 Å². The summed E-state index contributed by atoms with van der Waals surface area (Å²) in [7, 11) is -3.81. The van der Waals surface area contributed by atoms with Crippen LogP contribution in [0.1, 0.15) is 12.5 Å². The highest BCUT2D eigenvalue weighted by molar-refractivity contribution is 7.99. The fourth-order valence-electron chi connectivity index (χ4n) is 2.14. The fourth-order valence-corrected chi connectivity index (χ4v) is 5.04. The summed E-state index contributed by atoms with van der Waals surface area (Å²) in [6, 6.07) is 3.78. The number of rotatable bonds is 2. The van der Waals surface area contributed by atoms with Crippen molar-refractivity contribution in [2.75, 3.05) is 24.6 Å². The monoisotopic (exact) mass is 328 g/mol. The van der Waals surface area contributed by atoms with Crippen LogP contribution in [0.4, 0.5) is 4.39 Å². The Hall–Kier alpha value is -1.07. The Labute approximate surface area is 128 Å². The molecule has 1 aliphatic rings. The lowest BCUT2D eigenvalue weighted by Gasteiger charge is -2.32. The Bertz CT molecular complexity index is 680. The number of benzene rings is 1. The predicted molar refractivity (Wildman–Crippen MR) is 83.0 cm³/mol. The first kappa shape index (κ1) is 16.3. The lowest BCUT2D eigenvalue weighted by Crippen LogP contribution is -2.44. The molecule has 7 heteroatoms. The minimum absolute atomic E-state index is 0.134. The van der Waals surface area contributed by atoms with E-state index in [-0.39, 0.29) is 17.5 Å². The van der Waals surface area contributed by atoms with Gasteiger partial charge in [0.05, 0.1) is 6.54 Å². The van der Waals surface area contributed by atoms with Crippen molar-refractivity contribution >= 4 is 21.8 Å². The average Bonchev–Trinajstić information content (AvgIpc) is 2.45. The molecule has 1 heterocycles. The zero-order valence-electron chi connectivity index (χ0n) is 11.7. The molecule has 1 aromatic carbocycles. The minimum Gasteiger partial charge on any atom is -0.320 e. The number of nitrogens with zero attached hydrogens (tertiary/aromatic N) is 1. The quantitative estimate of drug-likeness (QED) is 0.830. The second-order valence-electron chi connectivity index (χ2n) is 4.69. The molecule has 0 radical (unpaired) electrons. The summed E-state index contributed by atoms with van der Waals surface area (Å²) in [6.07, 6.45) is 0. The number of halogens is 1. The maximum absolute atomic E-state index is 14.1. The van der Waals surface area contributed by atoms with E-state index in [2.05, 4.69) is 11.8 Å². The first-order chi connectivity index (χ1) is 9.96. The Morgan fingerprint density at radius 2 is 2.29 bits per heavy atom. The molecule has 0 aromatic heterocycles. The van der Waals surface area contributed by atoms with Crippen LogP contribution in [0.5, 0.6) is 0 Å². The maximum atomic E-state index is 14.1. The molecule has 2 rings (SSSR count). The van der Waals surface area contributed by atoms with Crippen molar-refractivity contribution in [3.8, 4) is 11.8 Å². The molecule has 114 valence electrons. The van der Waals surface area contributed by atoms with E-state index in [4.69, 9.17) is 5.73 Å². The molecule has 1 saturated heterocycles. The van der Waals surface area contributed by atoms with Gasteiger partial charge in [-0.25, -0.2) is 12.8 Å². The number of hydrogen-bond donors (Lipinski definition) is 1. The van der Waals surface area contributed by atoms with E-state index in [1.165, 1.54) is 16.4 Å². The summed E-state index contributed by atoms with van der Waals surface area (Å²) in [5.74, 6) is 5.97. The molecular weight excluding hydrogens is 311 g/mol. The predicted octanol–water partition coefficient (Wildman–Crippen LogP) is 1.26. The molecule has 0 aliphatic carbocycles. The molecule has 1 aliphatic heterocycles. The largest absolute Gasteiger partial charge is 0.320 e. The molecule has 0 bridgehead atoms. The molecule has 1 atom stereocenters. The van der Waals surface area contributed by atoms with Gasteiger partial charge in [-0.1, -0.05) is 11.8 Å². The zero-order chi connectivity index (χ0) is 15.5. The molecule has 4 nitrogen and oxygen atoms in total. The summed E-state index contributed by atoms with van der Waals surface area (Å²) < 4.78 is 40.6. The summed E-state index contributed by atoms with van der Waals surface area (Å²) in [6.45, 7) is 2.41. The standard InChI is InChI=1S/C14H17FN2O2S2/c1-11-10-20-8-7-17(11)21(18,19)14-5-4-12(3-2-6-16)9-13(14)15/h4-5,9,11H,6-8,10,16H2,1H3. The highest BCUT2D eigenvalue weighted by Gasteiger charge is 2.33. The molecule has 1 aromatic rings. The Balaban J connectivity index is 2.36. The molecule has 2 N–H and O–H groups in total. The molecule has 1 fully saturated rings. The van der Waals surface area contributed by atoms with E-state index in [1.54, 1.807) is 11.8 Å². The van der Waals surface area contributed by atoms with Crippen LogP contribution in [0.15, 0.2) is 23.1 Å². The van der Waals surface area contributed by atoms with Gasteiger partial charge in [0, 0.05) is 29.7 Å². The van der Waals surface area contributed by atoms with Crippen molar-refractivity contribution in [3.63, 3.8) is 0 Å². The Kier molecular flexibility index (Phi) is 5.27. The van der Waals surface area contributed by atoms with Gasteiger partial charge < -0.3 is 5.73 Å². The molecular formula is C14H17FN2O2S2. The molecule has 0 spiro atoms. The smallest absolute Gasteiger partial charge is 0.246 e. The van der Waals surface area contributed by atoms with Crippen LogP contribution in [0, 0.1) is 17.7 Å². The van der Waals surface area contributed by atoms with Crippen LogP contribution in [-0.4, -0.2) is 43.4 Å². The van der Waals surface area contributed by atoms with Gasteiger partial charge in [-0.15, -0.1) is 0 Å². The summed E-state index contributed by atoms with van der Waals surface area (Å²) in [5, 5.41) is 0. The van der Waals surface area contributed by atoms with Crippen molar-refractivity contribution in [1.82, 2.24) is 4.31 Å². The van der Waals surface area contributed by atoms with E-state index in [9.17, 15) is 12.8 Å². The SMILES string of the molecule is CC1CSCCN1S(=O)(=O)c1ccc(C#CCN)cc1F. The summed E-state index contributed by atoms with van der Waals surface area (Å²) in [4.78, 5) is -0.292. The average molecular weight is 328 g/mol. The first-order valence-electron chi connectivity index (χ1n) is 6.55. The van der Waals surface area contributed by atoms with Crippen LogP contribution in [0.3, 0.4) is 0 Å². The second kappa shape index (κ2) is 6.79. The van der Waals surface area contributed by atoms with Gasteiger partial charge in [0.2, 0.25) is 10.0 Å². The second-order valence-corrected chi connectivity index (χ2v) is 7.70. The van der Waals surface area contributed by atoms with Crippen molar-refractivity contribution < 1.29 is 12.8 Å². The number of thioether (sulfide) groups is 1. The number of nitrogens with two attached hydrogens (primary N) is 1. The molecule has 21 heavy (non-hydrogen) atoms. The third-order valence-electron chi connectivity index (χ3n) is 3.16. The van der Waals surface area contributed by atoms with Gasteiger partial charge in [-0.3, -0.25) is 0 Å². The third kappa shape index (κ3) is 3.58. The lowest BCUT2D eigenvalue weighted by atomic mass is 10.2. The third-order valence-corrected chi connectivity index (χ3v) is 6.40. The number of hydrogen-bond acceptors (Lipinski definition) is 4. The summed E-state index contributed by atoms with van der Waals surface area (Å²) in [5.41, 5.74) is 5.67. The minimum atomic E-state index is -3.81. The highest BCUT2D eigenvalue weighted by atomic mass is 32.2. The molecule has 1 unspecified atom stereocenters. The Morgan fingerprint density at radius 1 is 1.52 bits per heavy atom. The van der Waals surface area contributed by atoms with E-state index in [1.807, 2.05) is 6.92 Å². The van der Waals surface area contributed by atoms with Crippen LogP contribution in [0.25, 0.3) is 0 Å². The van der Waals surface area contributed by atoms with E-state index in [0.29, 0.717) is 12.1 Å². The van der Waals surface area contributed by atoms with Gasteiger partial charge in [0.25, 0.3) is 0 Å². The van der Waals surface area contributed by atoms with Crippen LogP contribution < -0.4 is 5.73 Å². The fraction of sp³-hybridized carbons (Fsp3) is 0.429. The zero-order valence-corrected chi connectivity index (χ0v) is 13.3. The normalized spacial score (nSPS) is 19.9. The summed E-state index contributed by atoms with van der Waals surface area (Å²) >= 11 is 1.70. The number of sulfonamides is 1. The topological polar surface area (TPSA) is 63.4 Å². The Morgan fingerprint density at radius 3 is 2.90 bits per heavy atom. The maximum Gasteiger partial charge on any atom is 0.246 e. The van der Waals surface area contributed by atoms with Gasteiger partial charge in [0.1, 0.15) is 10.7 Å². The molecule has 0 saturated carbocycles. The van der Waals surface area contributed by atoms with Crippen LogP contribution in [-0.2, 0) is 10.0 Å². The van der Waals surface area contributed by atoms with Crippen molar-refractivity contribution in [3.05, 3.63) is 29.6 Å². The van der Waals surface area contributed by atoms with E-state index < -0.39 is 15.8 Å². The van der Waals surface area contributed by atoms with Crippen LogP contribution >= 0.6 is 11.8 Å². The van der Waals surface area contributed by atoms with Crippen LogP contribution in [0.2, 0.25) is 0 Å². The molecule has 0 amide bonds. The van der Waals surface area contributed by atoms with Gasteiger partial charge in [-0.05, 0) is 25.1 Å². The van der Waals surface area contributed by atoms with Crippen molar-refractivity contribution in [1.29, 1.82) is 0 Å². The van der Waals surface area contributed by atoms with Gasteiger partial charge in [0.15, 0.2) is 0 Å².